The Balaban J connectivity index is 2.17. The van der Waals surface area contributed by atoms with Crippen LogP contribution < -0.4 is 0 Å². The number of hydrogen-bond acceptors (Lipinski definition) is 6. The van der Waals surface area contributed by atoms with Gasteiger partial charge in [-0.1, -0.05) is 19.0 Å². The molecule has 1 aliphatic heterocycles. The largest absolute Gasteiger partial charge is 0.339 e. The van der Waals surface area contributed by atoms with Gasteiger partial charge in [0, 0.05) is 16.8 Å². The average Bonchev–Trinajstić information content (AvgIpc) is 2.88. The van der Waals surface area contributed by atoms with Crippen molar-refractivity contribution in [1.29, 1.82) is 0 Å². The number of Topliss-reactive ketones (excluding diaryl/α,β-unsaturated/α-hetero) is 1. The number of hydrogen-bond donors (Lipinski definition) is 0. The van der Waals surface area contributed by atoms with Crippen molar-refractivity contribution in [3.63, 3.8) is 0 Å². The fourth-order valence-corrected chi connectivity index (χ4v) is 5.26. The van der Waals surface area contributed by atoms with Crippen LogP contribution in [-0.2, 0) is 4.79 Å². The van der Waals surface area contributed by atoms with Crippen molar-refractivity contribution in [2.24, 2.45) is 0 Å². The smallest absolute Gasteiger partial charge is 0.237 e. The molecule has 4 nitrogen and oxygen atoms in total. The number of carbonyl (C=O) groups is 1. The second-order valence-electron chi connectivity index (χ2n) is 4.67. The molecular weight excluding hydrogens is 280 g/mol. The molecule has 0 aliphatic carbocycles. The van der Waals surface area contributed by atoms with Gasteiger partial charge in [-0.2, -0.15) is 16.7 Å². The van der Waals surface area contributed by atoms with Gasteiger partial charge in [-0.3, -0.25) is 4.79 Å². The molecule has 0 amide bonds. The fourth-order valence-electron chi connectivity index (χ4n) is 2.28. The van der Waals surface area contributed by atoms with Crippen LogP contribution in [0.15, 0.2) is 4.52 Å². The maximum Gasteiger partial charge on any atom is 0.237 e. The van der Waals surface area contributed by atoms with E-state index in [1.54, 1.807) is 6.92 Å². The minimum Gasteiger partial charge on any atom is -0.339 e. The number of nitrogens with zero attached hydrogens (tertiary/aromatic N) is 2. The molecular formula is C13H20N2O2S2. The quantitative estimate of drug-likeness (QED) is 0.830. The van der Waals surface area contributed by atoms with E-state index < -0.39 is 0 Å². The Labute approximate surface area is 122 Å². The summed E-state index contributed by atoms with van der Waals surface area (Å²) in [5.74, 6) is 3.41. The van der Waals surface area contributed by atoms with E-state index in [-0.39, 0.29) is 11.7 Å². The molecule has 1 aromatic rings. The minimum atomic E-state index is -0.248. The summed E-state index contributed by atoms with van der Waals surface area (Å²) in [6.07, 6.45) is 1.82. The number of thioether (sulfide) groups is 2. The first kappa shape index (κ1) is 14.9. The van der Waals surface area contributed by atoms with Gasteiger partial charge in [0.1, 0.15) is 5.78 Å². The first-order chi connectivity index (χ1) is 9.17. The Hall–Kier alpha value is -0.490. The van der Waals surface area contributed by atoms with Gasteiger partial charge in [-0.05, 0) is 19.8 Å². The number of ketones is 1. The lowest BCUT2D eigenvalue weighted by Gasteiger charge is -2.27. The SMILES string of the molecule is CCC(C(C)=O)c1nc(C2SCCSC2CC)no1. The van der Waals surface area contributed by atoms with E-state index in [0.717, 1.165) is 18.0 Å². The van der Waals surface area contributed by atoms with Gasteiger partial charge >= 0.3 is 0 Å². The van der Waals surface area contributed by atoms with Crippen LogP contribution in [0.3, 0.4) is 0 Å². The van der Waals surface area contributed by atoms with Gasteiger partial charge in [-0.25, -0.2) is 0 Å². The predicted octanol–water partition coefficient (Wildman–Crippen LogP) is 3.45. The lowest BCUT2D eigenvalue weighted by Crippen LogP contribution is -2.19. The lowest BCUT2D eigenvalue weighted by atomic mass is 10.0. The van der Waals surface area contributed by atoms with Crippen LogP contribution in [-0.4, -0.2) is 32.7 Å². The highest BCUT2D eigenvalue weighted by atomic mass is 32.2. The standard InChI is InChI=1S/C13H20N2O2S2/c1-4-9(8(3)16)13-14-12(15-17-13)11-10(5-2)18-6-7-19-11/h9-11H,4-7H2,1-3H3. The summed E-state index contributed by atoms with van der Waals surface area (Å²) in [5, 5.41) is 4.96. The van der Waals surface area contributed by atoms with Crippen LogP contribution in [0.5, 0.6) is 0 Å². The van der Waals surface area contributed by atoms with Gasteiger partial charge in [-0.15, -0.1) is 11.8 Å². The zero-order valence-corrected chi connectivity index (χ0v) is 13.2. The molecule has 106 valence electrons. The molecule has 2 rings (SSSR count). The van der Waals surface area contributed by atoms with E-state index in [1.165, 1.54) is 5.75 Å². The van der Waals surface area contributed by atoms with Crippen LogP contribution in [0.25, 0.3) is 0 Å². The summed E-state index contributed by atoms with van der Waals surface area (Å²) >= 11 is 3.89. The molecule has 3 unspecified atom stereocenters. The third-order valence-corrected chi connectivity index (χ3v) is 6.60. The Bertz CT molecular complexity index is 436. The van der Waals surface area contributed by atoms with E-state index in [2.05, 4.69) is 17.1 Å². The third-order valence-electron chi connectivity index (χ3n) is 3.36. The maximum absolute atomic E-state index is 11.5. The second kappa shape index (κ2) is 6.79. The van der Waals surface area contributed by atoms with E-state index in [9.17, 15) is 4.79 Å². The van der Waals surface area contributed by atoms with Crippen LogP contribution in [0, 0.1) is 0 Å². The fraction of sp³-hybridized carbons (Fsp3) is 0.769. The van der Waals surface area contributed by atoms with Crippen molar-refractivity contribution in [1.82, 2.24) is 10.1 Å². The summed E-state index contributed by atoms with van der Waals surface area (Å²) in [6, 6.07) is 0. The topological polar surface area (TPSA) is 56.0 Å². The van der Waals surface area contributed by atoms with Crippen LogP contribution in [0.2, 0.25) is 0 Å². The highest BCUT2D eigenvalue weighted by molar-refractivity contribution is 8.06. The summed E-state index contributed by atoms with van der Waals surface area (Å²) in [4.78, 5) is 16.0. The van der Waals surface area contributed by atoms with E-state index in [1.807, 2.05) is 30.4 Å². The summed E-state index contributed by atoms with van der Waals surface area (Å²) in [6.45, 7) is 5.75. The molecule has 1 saturated heterocycles. The molecule has 19 heavy (non-hydrogen) atoms. The normalized spacial score (nSPS) is 25.2. The number of rotatable bonds is 5. The highest BCUT2D eigenvalue weighted by Crippen LogP contribution is 2.43. The van der Waals surface area contributed by atoms with Crippen molar-refractivity contribution in [2.45, 2.75) is 50.0 Å². The first-order valence-corrected chi connectivity index (χ1v) is 8.84. The van der Waals surface area contributed by atoms with Gasteiger partial charge in [0.15, 0.2) is 5.82 Å². The first-order valence-electron chi connectivity index (χ1n) is 6.74. The summed E-state index contributed by atoms with van der Waals surface area (Å²) in [5.41, 5.74) is 0. The van der Waals surface area contributed by atoms with Gasteiger partial charge < -0.3 is 4.52 Å². The molecule has 0 bridgehead atoms. The Morgan fingerprint density at radius 3 is 2.79 bits per heavy atom. The van der Waals surface area contributed by atoms with Crippen molar-refractivity contribution in [2.75, 3.05) is 11.5 Å². The molecule has 0 saturated carbocycles. The molecule has 0 spiro atoms. The minimum absolute atomic E-state index is 0.0930. The van der Waals surface area contributed by atoms with Crippen molar-refractivity contribution < 1.29 is 9.32 Å². The molecule has 1 fully saturated rings. The molecule has 6 heteroatoms. The van der Waals surface area contributed by atoms with Gasteiger partial charge in [0.25, 0.3) is 0 Å². The molecule has 0 N–H and O–H groups in total. The Morgan fingerprint density at radius 2 is 2.16 bits per heavy atom. The molecule has 0 aromatic carbocycles. The highest BCUT2D eigenvalue weighted by Gasteiger charge is 2.31. The van der Waals surface area contributed by atoms with E-state index >= 15 is 0 Å². The van der Waals surface area contributed by atoms with Crippen molar-refractivity contribution >= 4 is 29.3 Å². The monoisotopic (exact) mass is 300 g/mol. The lowest BCUT2D eigenvalue weighted by molar-refractivity contribution is -0.119. The number of aromatic nitrogens is 2. The third kappa shape index (κ3) is 3.34. The molecule has 1 aliphatic rings. The van der Waals surface area contributed by atoms with Gasteiger partial charge in [0.2, 0.25) is 5.89 Å². The van der Waals surface area contributed by atoms with Crippen LogP contribution in [0.1, 0.15) is 56.5 Å². The summed E-state index contributed by atoms with van der Waals surface area (Å²) in [7, 11) is 0. The van der Waals surface area contributed by atoms with Gasteiger partial charge in [0.05, 0.1) is 11.2 Å². The second-order valence-corrected chi connectivity index (χ2v) is 7.27. The number of carbonyl (C=O) groups excluding carboxylic acids is 1. The molecule has 0 radical (unpaired) electrons. The van der Waals surface area contributed by atoms with E-state index in [0.29, 0.717) is 22.8 Å². The molecule has 1 aromatic heterocycles. The van der Waals surface area contributed by atoms with Crippen molar-refractivity contribution in [3.8, 4) is 0 Å². The maximum atomic E-state index is 11.5. The van der Waals surface area contributed by atoms with E-state index in [4.69, 9.17) is 4.52 Å². The Morgan fingerprint density at radius 1 is 1.42 bits per heavy atom. The summed E-state index contributed by atoms with van der Waals surface area (Å²) < 4.78 is 5.32. The van der Waals surface area contributed by atoms with Crippen LogP contribution in [0.4, 0.5) is 0 Å². The van der Waals surface area contributed by atoms with Crippen LogP contribution >= 0.6 is 23.5 Å². The molecule has 3 atom stereocenters. The zero-order valence-electron chi connectivity index (χ0n) is 11.6. The Kier molecular flexibility index (Phi) is 5.33. The predicted molar refractivity (Wildman–Crippen MR) is 79.7 cm³/mol. The molecule has 2 heterocycles. The van der Waals surface area contributed by atoms with Crippen molar-refractivity contribution in [3.05, 3.63) is 11.7 Å². The average molecular weight is 300 g/mol. The zero-order chi connectivity index (χ0) is 13.8.